The Balaban J connectivity index is 1.48. The van der Waals surface area contributed by atoms with Crippen molar-refractivity contribution in [2.24, 2.45) is 0 Å². The van der Waals surface area contributed by atoms with Gasteiger partial charge in [0.1, 0.15) is 12.2 Å². The molecule has 0 spiro atoms. The number of ether oxygens (including phenoxy) is 5. The summed E-state index contributed by atoms with van der Waals surface area (Å²) >= 11 is 0. The molecule has 4 aromatic carbocycles. The first-order chi connectivity index (χ1) is 20.2. The van der Waals surface area contributed by atoms with Crippen LogP contribution in [0, 0.1) is 0 Å². The molecule has 0 saturated heterocycles. The van der Waals surface area contributed by atoms with Crippen LogP contribution in [-0.2, 0) is 34.0 Å². The van der Waals surface area contributed by atoms with Crippen molar-refractivity contribution in [1.82, 2.24) is 0 Å². The molecule has 0 bridgehead atoms. The summed E-state index contributed by atoms with van der Waals surface area (Å²) in [6.45, 7) is 9.75. The van der Waals surface area contributed by atoms with Crippen molar-refractivity contribution in [2.75, 3.05) is 6.79 Å². The number of fused-ring (bicyclic) bond motifs is 1. The third-order valence-corrected chi connectivity index (χ3v) is 7.13. The van der Waals surface area contributed by atoms with Gasteiger partial charge in [0.2, 0.25) is 6.79 Å². The number of rotatable bonds is 15. The van der Waals surface area contributed by atoms with Gasteiger partial charge < -0.3 is 23.7 Å². The molecule has 210 valence electrons. The largest absolute Gasteiger partial charge is 0.454 e. The second kappa shape index (κ2) is 14.5. The fraction of sp³-hybridized carbons (Fsp3) is 0.222. The summed E-state index contributed by atoms with van der Waals surface area (Å²) in [6.07, 6.45) is 2.28. The van der Waals surface area contributed by atoms with Crippen LogP contribution in [0.3, 0.4) is 0 Å². The summed E-state index contributed by atoms with van der Waals surface area (Å²) in [6, 6.07) is 36.3. The smallest absolute Gasteiger partial charge is 0.231 e. The Morgan fingerprint density at radius 3 is 1.63 bits per heavy atom. The van der Waals surface area contributed by atoms with E-state index in [1.54, 1.807) is 6.08 Å². The van der Waals surface area contributed by atoms with Gasteiger partial charge in [0.15, 0.2) is 11.5 Å². The van der Waals surface area contributed by atoms with E-state index in [2.05, 4.69) is 25.3 Å². The fourth-order valence-corrected chi connectivity index (χ4v) is 4.96. The highest BCUT2D eigenvalue weighted by Gasteiger charge is 2.37. The molecule has 0 aromatic heterocycles. The Morgan fingerprint density at radius 1 is 0.585 bits per heavy atom. The summed E-state index contributed by atoms with van der Waals surface area (Å²) in [7, 11) is 0. The Labute approximate surface area is 242 Å². The maximum absolute atomic E-state index is 6.74. The molecule has 5 nitrogen and oxygen atoms in total. The first-order valence-corrected chi connectivity index (χ1v) is 13.9. The van der Waals surface area contributed by atoms with Crippen molar-refractivity contribution in [3.63, 3.8) is 0 Å². The van der Waals surface area contributed by atoms with Gasteiger partial charge in [-0.25, -0.2) is 0 Å². The number of hydrogen-bond donors (Lipinski definition) is 0. The zero-order valence-corrected chi connectivity index (χ0v) is 23.1. The SMILES string of the molecule is C=C[C@H](OCc1ccccc1)[C@@H](OCc1ccccc1)[C@H](OCc1ccccc1)[C@@H](C=C)c1ccc2c(c1)OCO2. The van der Waals surface area contributed by atoms with Crippen LogP contribution in [0.1, 0.15) is 28.2 Å². The monoisotopic (exact) mass is 548 g/mol. The predicted octanol–water partition coefficient (Wildman–Crippen LogP) is 7.63. The normalized spacial score (nSPS) is 15.0. The molecule has 0 radical (unpaired) electrons. The van der Waals surface area contributed by atoms with Crippen LogP contribution in [-0.4, -0.2) is 25.1 Å². The molecule has 41 heavy (non-hydrogen) atoms. The van der Waals surface area contributed by atoms with Crippen molar-refractivity contribution in [3.8, 4) is 11.5 Å². The van der Waals surface area contributed by atoms with E-state index in [4.69, 9.17) is 23.7 Å². The Hall–Kier alpha value is -4.16. The molecule has 1 aliphatic rings. The van der Waals surface area contributed by atoms with E-state index in [9.17, 15) is 0 Å². The minimum Gasteiger partial charge on any atom is -0.454 e. The second-order valence-electron chi connectivity index (χ2n) is 9.89. The molecule has 4 atom stereocenters. The van der Waals surface area contributed by atoms with Crippen molar-refractivity contribution in [3.05, 3.63) is 157 Å². The molecule has 0 saturated carbocycles. The lowest BCUT2D eigenvalue weighted by molar-refractivity contribution is -0.142. The van der Waals surface area contributed by atoms with Crippen molar-refractivity contribution < 1.29 is 23.7 Å². The highest BCUT2D eigenvalue weighted by atomic mass is 16.7. The van der Waals surface area contributed by atoms with Crippen LogP contribution in [0.4, 0.5) is 0 Å². The van der Waals surface area contributed by atoms with E-state index in [1.165, 1.54) is 0 Å². The Bertz CT molecular complexity index is 1370. The lowest BCUT2D eigenvalue weighted by Crippen LogP contribution is -2.44. The standard InChI is InChI=1S/C36H36O5/c1-3-31(30-20-21-33-34(22-30)41-26-40-33)35(38-24-28-16-10-6-11-17-28)36(39-25-29-18-12-7-13-19-29)32(4-2)37-23-27-14-8-5-9-15-27/h3-22,31-32,35-36H,1-2,23-26H2/t31-,32-,35+,36+/m0/s1. The van der Waals surface area contributed by atoms with Gasteiger partial charge in [-0.05, 0) is 34.4 Å². The molecule has 0 N–H and O–H groups in total. The summed E-state index contributed by atoms with van der Waals surface area (Å²) < 4.78 is 31.2. The molecule has 0 aliphatic carbocycles. The quantitative estimate of drug-likeness (QED) is 0.143. The summed E-state index contributed by atoms with van der Waals surface area (Å²) in [5.41, 5.74) is 4.18. The number of benzene rings is 4. The molecule has 0 fully saturated rings. The fourth-order valence-electron chi connectivity index (χ4n) is 4.96. The van der Waals surface area contributed by atoms with Crippen LogP contribution in [0.15, 0.2) is 135 Å². The van der Waals surface area contributed by atoms with Gasteiger partial charge in [0.05, 0.1) is 25.9 Å². The van der Waals surface area contributed by atoms with Crippen molar-refractivity contribution >= 4 is 0 Å². The zero-order valence-electron chi connectivity index (χ0n) is 23.1. The second-order valence-corrected chi connectivity index (χ2v) is 9.89. The van der Waals surface area contributed by atoms with Crippen molar-refractivity contribution in [1.29, 1.82) is 0 Å². The molecule has 0 amide bonds. The molecule has 1 aliphatic heterocycles. The van der Waals surface area contributed by atoms with Gasteiger partial charge >= 0.3 is 0 Å². The average molecular weight is 549 g/mol. The van der Waals surface area contributed by atoms with E-state index in [0.29, 0.717) is 25.6 Å². The van der Waals surface area contributed by atoms with Gasteiger partial charge in [-0.3, -0.25) is 0 Å². The van der Waals surface area contributed by atoms with Gasteiger partial charge in [0.25, 0.3) is 0 Å². The van der Waals surface area contributed by atoms with E-state index in [-0.39, 0.29) is 12.7 Å². The lowest BCUT2D eigenvalue weighted by atomic mass is 9.87. The molecule has 5 heteroatoms. The van der Waals surface area contributed by atoms with Gasteiger partial charge in [-0.2, -0.15) is 0 Å². The van der Waals surface area contributed by atoms with Crippen LogP contribution in [0.2, 0.25) is 0 Å². The van der Waals surface area contributed by atoms with Gasteiger partial charge in [-0.1, -0.05) is 109 Å². The van der Waals surface area contributed by atoms with E-state index >= 15 is 0 Å². The third-order valence-electron chi connectivity index (χ3n) is 7.13. The van der Waals surface area contributed by atoms with E-state index in [1.807, 2.05) is 103 Å². The maximum Gasteiger partial charge on any atom is 0.231 e. The van der Waals surface area contributed by atoms with E-state index < -0.39 is 18.3 Å². The maximum atomic E-state index is 6.74. The number of hydrogen-bond acceptors (Lipinski definition) is 5. The third kappa shape index (κ3) is 7.53. The molecule has 4 aromatic rings. The van der Waals surface area contributed by atoms with Gasteiger partial charge in [0, 0.05) is 5.92 Å². The molecule has 0 unspecified atom stereocenters. The van der Waals surface area contributed by atoms with Crippen LogP contribution in [0.5, 0.6) is 11.5 Å². The first kappa shape index (κ1) is 28.4. The highest BCUT2D eigenvalue weighted by molar-refractivity contribution is 5.46. The minimum atomic E-state index is -0.506. The molecular formula is C36H36O5. The van der Waals surface area contributed by atoms with Crippen LogP contribution in [0.25, 0.3) is 0 Å². The zero-order chi connectivity index (χ0) is 28.3. The molecule has 1 heterocycles. The first-order valence-electron chi connectivity index (χ1n) is 13.9. The summed E-state index contributed by atoms with van der Waals surface area (Å²) in [4.78, 5) is 0. The average Bonchev–Trinajstić information content (AvgIpc) is 3.51. The van der Waals surface area contributed by atoms with Crippen LogP contribution >= 0.6 is 0 Å². The summed E-state index contributed by atoms with van der Waals surface area (Å²) in [5.74, 6) is 1.20. The Morgan fingerprint density at radius 2 is 1.10 bits per heavy atom. The Kier molecular flexibility index (Phi) is 10.0. The minimum absolute atomic E-state index is 0.208. The van der Waals surface area contributed by atoms with Crippen LogP contribution < -0.4 is 9.47 Å². The summed E-state index contributed by atoms with van der Waals surface area (Å²) in [5, 5.41) is 0. The van der Waals surface area contributed by atoms with E-state index in [0.717, 1.165) is 28.0 Å². The molecular weight excluding hydrogens is 512 g/mol. The predicted molar refractivity (Wildman–Crippen MR) is 161 cm³/mol. The van der Waals surface area contributed by atoms with Crippen molar-refractivity contribution in [2.45, 2.75) is 44.1 Å². The van der Waals surface area contributed by atoms with Gasteiger partial charge in [-0.15, -0.1) is 13.2 Å². The highest BCUT2D eigenvalue weighted by Crippen LogP contribution is 2.38. The lowest BCUT2D eigenvalue weighted by Gasteiger charge is -2.36. The topological polar surface area (TPSA) is 46.2 Å². The molecule has 5 rings (SSSR count).